The molecule has 2 nitrogen and oxygen atoms in total. The molecule has 2 saturated carbocycles. The molecule has 29 heavy (non-hydrogen) atoms. The molecule has 154 valence electrons. The summed E-state index contributed by atoms with van der Waals surface area (Å²) in [7, 11) is 0. The first kappa shape index (κ1) is 19.2. The fourth-order valence-electron chi connectivity index (χ4n) is 6.83. The van der Waals surface area contributed by atoms with Gasteiger partial charge in [0.2, 0.25) is 0 Å². The van der Waals surface area contributed by atoms with Gasteiger partial charge in [-0.3, -0.25) is 0 Å². The summed E-state index contributed by atoms with van der Waals surface area (Å²) in [6, 6.07) is 15.8. The number of nitrogens with two attached hydrogens (primary N) is 1. The van der Waals surface area contributed by atoms with Crippen LogP contribution in [-0.4, -0.2) is 6.04 Å². The Kier molecular flexibility index (Phi) is 4.94. The van der Waals surface area contributed by atoms with E-state index in [4.69, 9.17) is 10.5 Å². The average molecular weight is 390 g/mol. The van der Waals surface area contributed by atoms with Crippen LogP contribution in [0.5, 0.6) is 5.75 Å². The van der Waals surface area contributed by atoms with E-state index in [0.29, 0.717) is 18.1 Å². The van der Waals surface area contributed by atoms with Crippen molar-refractivity contribution in [3.8, 4) is 5.75 Å². The van der Waals surface area contributed by atoms with E-state index in [1.165, 1.54) is 55.2 Å². The third-order valence-corrected chi connectivity index (χ3v) is 8.60. The Balaban J connectivity index is 1.41. The molecule has 3 aliphatic carbocycles. The van der Waals surface area contributed by atoms with E-state index in [1.54, 1.807) is 5.56 Å². The van der Waals surface area contributed by atoms with Gasteiger partial charge < -0.3 is 10.5 Å². The maximum Gasteiger partial charge on any atom is 0.123 e. The third kappa shape index (κ3) is 3.20. The van der Waals surface area contributed by atoms with Gasteiger partial charge in [0.15, 0.2) is 0 Å². The molecule has 2 fully saturated rings. The van der Waals surface area contributed by atoms with Gasteiger partial charge in [0.1, 0.15) is 12.4 Å². The summed E-state index contributed by atoms with van der Waals surface area (Å²) < 4.78 is 6.30. The van der Waals surface area contributed by atoms with E-state index in [1.807, 2.05) is 0 Å². The van der Waals surface area contributed by atoms with E-state index in [-0.39, 0.29) is 0 Å². The van der Waals surface area contributed by atoms with Crippen molar-refractivity contribution in [1.29, 1.82) is 0 Å². The molecule has 0 aromatic heterocycles. The molecule has 0 spiro atoms. The van der Waals surface area contributed by atoms with Crippen LogP contribution in [0.2, 0.25) is 0 Å². The lowest BCUT2D eigenvalue weighted by molar-refractivity contribution is 0.0496. The highest BCUT2D eigenvalue weighted by molar-refractivity contribution is 5.46. The van der Waals surface area contributed by atoms with Gasteiger partial charge in [0.05, 0.1) is 0 Å². The Bertz CT molecular complexity index is 876. The molecule has 2 N–H and O–H groups in total. The summed E-state index contributed by atoms with van der Waals surface area (Å²) in [5.41, 5.74) is 12.7. The van der Waals surface area contributed by atoms with Crippen molar-refractivity contribution < 1.29 is 4.74 Å². The summed E-state index contributed by atoms with van der Waals surface area (Å²) in [6.45, 7) is 5.39. The smallest absolute Gasteiger partial charge is 0.123 e. The minimum atomic E-state index is 0.380. The molecule has 0 heterocycles. The Morgan fingerprint density at radius 1 is 1.07 bits per heavy atom. The molecule has 3 aliphatic rings. The molecule has 5 rings (SSSR count). The second kappa shape index (κ2) is 7.47. The number of hydrogen-bond acceptors (Lipinski definition) is 2. The summed E-state index contributed by atoms with van der Waals surface area (Å²) in [6.07, 6.45) is 8.73. The van der Waals surface area contributed by atoms with E-state index < -0.39 is 0 Å². The van der Waals surface area contributed by atoms with Crippen LogP contribution in [0.1, 0.15) is 74.1 Å². The van der Waals surface area contributed by atoms with Crippen molar-refractivity contribution >= 4 is 0 Å². The van der Waals surface area contributed by atoms with E-state index in [2.05, 4.69) is 56.3 Å². The standard InChI is InChI=1S/C27H35NO/c1-3-19-15-23-20(16-25(19)29-17-18-7-5-4-6-8-18)9-10-22-21(23)13-14-27(2)24(22)11-12-26(27)28/h4-8,15-16,21-22,24,26H,3,9-14,17,28H2,1-2H3/t21-,22+,24-,26-,27-/m0/s1. The van der Waals surface area contributed by atoms with Gasteiger partial charge in [0, 0.05) is 6.04 Å². The fourth-order valence-corrected chi connectivity index (χ4v) is 6.83. The Hall–Kier alpha value is -1.80. The van der Waals surface area contributed by atoms with Gasteiger partial charge in [-0.25, -0.2) is 0 Å². The molecule has 0 bridgehead atoms. The Labute approximate surface area is 175 Å². The third-order valence-electron chi connectivity index (χ3n) is 8.60. The predicted octanol–water partition coefficient (Wildman–Crippen LogP) is 6.01. The van der Waals surface area contributed by atoms with Gasteiger partial charge in [0.25, 0.3) is 0 Å². The highest BCUT2D eigenvalue weighted by Crippen LogP contribution is 2.60. The van der Waals surface area contributed by atoms with Crippen LogP contribution in [0.25, 0.3) is 0 Å². The highest BCUT2D eigenvalue weighted by Gasteiger charge is 2.53. The maximum atomic E-state index is 6.57. The first-order valence-corrected chi connectivity index (χ1v) is 11.7. The number of aryl methyl sites for hydroxylation is 2. The first-order chi connectivity index (χ1) is 14.1. The molecule has 0 aliphatic heterocycles. The van der Waals surface area contributed by atoms with Crippen LogP contribution >= 0.6 is 0 Å². The zero-order valence-electron chi connectivity index (χ0n) is 18.0. The number of rotatable bonds is 4. The second-order valence-corrected chi connectivity index (χ2v) is 9.93. The Morgan fingerprint density at radius 2 is 1.90 bits per heavy atom. The monoisotopic (exact) mass is 389 g/mol. The lowest BCUT2D eigenvalue weighted by Crippen LogP contribution is -2.46. The van der Waals surface area contributed by atoms with Gasteiger partial charge in [-0.2, -0.15) is 0 Å². The molecule has 2 heteroatoms. The quantitative estimate of drug-likeness (QED) is 0.695. The molecule has 5 atom stereocenters. The number of hydrogen-bond donors (Lipinski definition) is 1. The van der Waals surface area contributed by atoms with Crippen molar-refractivity contribution in [1.82, 2.24) is 0 Å². The average Bonchev–Trinajstić information content (AvgIpc) is 3.06. The maximum absolute atomic E-state index is 6.57. The molecule has 0 radical (unpaired) electrons. The summed E-state index contributed by atoms with van der Waals surface area (Å²) >= 11 is 0. The zero-order valence-corrected chi connectivity index (χ0v) is 18.0. The van der Waals surface area contributed by atoms with Gasteiger partial charge in [-0.05, 0) is 96.4 Å². The molecule has 0 saturated heterocycles. The van der Waals surface area contributed by atoms with Crippen LogP contribution in [0.15, 0.2) is 42.5 Å². The minimum absolute atomic E-state index is 0.380. The van der Waals surface area contributed by atoms with Crippen LogP contribution in [0.3, 0.4) is 0 Å². The molecule has 2 aromatic carbocycles. The first-order valence-electron chi connectivity index (χ1n) is 11.7. The summed E-state index contributed by atoms with van der Waals surface area (Å²) in [5.74, 6) is 3.48. The summed E-state index contributed by atoms with van der Waals surface area (Å²) in [4.78, 5) is 0. The fraction of sp³-hybridized carbons (Fsp3) is 0.556. The van der Waals surface area contributed by atoms with Crippen molar-refractivity contribution in [2.75, 3.05) is 0 Å². The molecule has 0 amide bonds. The van der Waals surface area contributed by atoms with Gasteiger partial charge in [-0.15, -0.1) is 0 Å². The van der Waals surface area contributed by atoms with Crippen LogP contribution in [0.4, 0.5) is 0 Å². The van der Waals surface area contributed by atoms with Crippen molar-refractivity contribution in [2.45, 2.75) is 77.4 Å². The zero-order chi connectivity index (χ0) is 20.0. The molecular formula is C27H35NO. The molecule has 2 aromatic rings. The second-order valence-electron chi connectivity index (χ2n) is 9.93. The van der Waals surface area contributed by atoms with E-state index in [9.17, 15) is 0 Å². The highest BCUT2D eigenvalue weighted by atomic mass is 16.5. The predicted molar refractivity (Wildman–Crippen MR) is 119 cm³/mol. The Morgan fingerprint density at radius 3 is 2.69 bits per heavy atom. The van der Waals surface area contributed by atoms with E-state index >= 15 is 0 Å². The normalized spacial score (nSPS) is 32.9. The summed E-state index contributed by atoms with van der Waals surface area (Å²) in [5, 5.41) is 0. The molecule has 0 unspecified atom stereocenters. The van der Waals surface area contributed by atoms with E-state index in [0.717, 1.165) is 29.9 Å². The van der Waals surface area contributed by atoms with Crippen LogP contribution < -0.4 is 10.5 Å². The molecular weight excluding hydrogens is 354 g/mol. The number of ether oxygens (including phenoxy) is 1. The van der Waals surface area contributed by atoms with Crippen molar-refractivity contribution in [3.05, 3.63) is 64.7 Å². The van der Waals surface area contributed by atoms with Crippen LogP contribution in [0, 0.1) is 17.3 Å². The largest absolute Gasteiger partial charge is 0.489 e. The van der Waals surface area contributed by atoms with Gasteiger partial charge in [-0.1, -0.05) is 50.2 Å². The number of benzene rings is 2. The lowest BCUT2D eigenvalue weighted by atomic mass is 9.55. The van der Waals surface area contributed by atoms with Crippen molar-refractivity contribution in [3.63, 3.8) is 0 Å². The van der Waals surface area contributed by atoms with Crippen molar-refractivity contribution in [2.24, 2.45) is 23.0 Å². The van der Waals surface area contributed by atoms with Gasteiger partial charge >= 0.3 is 0 Å². The topological polar surface area (TPSA) is 35.2 Å². The minimum Gasteiger partial charge on any atom is -0.489 e. The number of fused-ring (bicyclic) bond motifs is 5. The van der Waals surface area contributed by atoms with Crippen LogP contribution in [-0.2, 0) is 19.4 Å². The lowest BCUT2D eigenvalue weighted by Gasteiger charge is -2.50. The SMILES string of the molecule is CCc1cc2c(cc1OCc1ccccc1)CC[C@@H]1[C@@H]2CC[C@]2(C)[C@@H](N)CC[C@@H]12.